The maximum absolute atomic E-state index is 12.7. The summed E-state index contributed by atoms with van der Waals surface area (Å²) in [5.41, 5.74) is 12.4. The van der Waals surface area contributed by atoms with Gasteiger partial charge >= 0.3 is 5.97 Å². The monoisotopic (exact) mass is 339 g/mol. The van der Waals surface area contributed by atoms with Crippen LogP contribution in [0.1, 0.15) is 24.0 Å². The summed E-state index contributed by atoms with van der Waals surface area (Å²) < 4.78 is 4.76. The Morgan fingerprint density at radius 1 is 1.00 bits per heavy atom. The SMILES string of the molecule is CCOC(=O)/C=C(\N)NNC(=O)C(c1ccccc1)c1ccccc1. The first-order valence-electron chi connectivity index (χ1n) is 7.91. The van der Waals surface area contributed by atoms with Gasteiger partial charge in [0.05, 0.1) is 18.6 Å². The van der Waals surface area contributed by atoms with Crippen molar-refractivity contribution in [2.45, 2.75) is 12.8 Å². The highest BCUT2D eigenvalue weighted by molar-refractivity contribution is 5.87. The lowest BCUT2D eigenvalue weighted by molar-refractivity contribution is -0.137. The highest BCUT2D eigenvalue weighted by atomic mass is 16.5. The largest absolute Gasteiger partial charge is 0.463 e. The lowest BCUT2D eigenvalue weighted by atomic mass is 9.91. The molecule has 0 saturated carbocycles. The molecule has 0 unspecified atom stereocenters. The second-order valence-corrected chi connectivity index (χ2v) is 5.22. The minimum absolute atomic E-state index is 0.00771. The summed E-state index contributed by atoms with van der Waals surface area (Å²) in [4.78, 5) is 24.0. The average molecular weight is 339 g/mol. The van der Waals surface area contributed by atoms with E-state index in [2.05, 4.69) is 10.9 Å². The molecule has 0 bridgehead atoms. The van der Waals surface area contributed by atoms with Gasteiger partial charge in [0.1, 0.15) is 5.82 Å². The molecule has 1 amide bonds. The van der Waals surface area contributed by atoms with Crippen LogP contribution in [0.15, 0.2) is 72.6 Å². The van der Waals surface area contributed by atoms with E-state index in [-0.39, 0.29) is 18.3 Å². The van der Waals surface area contributed by atoms with Crippen molar-refractivity contribution in [2.75, 3.05) is 6.61 Å². The zero-order valence-corrected chi connectivity index (χ0v) is 13.9. The molecule has 0 spiro atoms. The molecule has 0 atom stereocenters. The van der Waals surface area contributed by atoms with Gasteiger partial charge < -0.3 is 10.5 Å². The highest BCUT2D eigenvalue weighted by Crippen LogP contribution is 2.24. The molecular weight excluding hydrogens is 318 g/mol. The Bertz CT molecular complexity index is 691. The van der Waals surface area contributed by atoms with Crippen molar-refractivity contribution < 1.29 is 14.3 Å². The van der Waals surface area contributed by atoms with Crippen molar-refractivity contribution in [3.05, 3.63) is 83.7 Å². The van der Waals surface area contributed by atoms with Crippen molar-refractivity contribution in [3.8, 4) is 0 Å². The van der Waals surface area contributed by atoms with Gasteiger partial charge in [0, 0.05) is 0 Å². The fraction of sp³-hybridized carbons (Fsp3) is 0.158. The summed E-state index contributed by atoms with van der Waals surface area (Å²) in [7, 11) is 0. The van der Waals surface area contributed by atoms with Crippen molar-refractivity contribution in [2.24, 2.45) is 5.73 Å². The summed E-state index contributed by atoms with van der Waals surface area (Å²) in [5, 5.41) is 0. The van der Waals surface area contributed by atoms with Crippen molar-refractivity contribution in [1.29, 1.82) is 0 Å². The number of carbonyl (C=O) groups is 2. The molecule has 2 rings (SSSR count). The summed E-state index contributed by atoms with van der Waals surface area (Å²) in [6.45, 7) is 1.94. The topological polar surface area (TPSA) is 93.4 Å². The molecule has 2 aromatic carbocycles. The van der Waals surface area contributed by atoms with E-state index in [1.54, 1.807) is 6.92 Å². The standard InChI is InChI=1S/C19H21N3O3/c1-2-25-17(23)13-16(20)21-22-19(24)18(14-9-5-3-6-10-14)15-11-7-4-8-12-15/h3-13,18,21H,2,20H2,1H3,(H,22,24)/b16-13+. The van der Waals surface area contributed by atoms with E-state index < -0.39 is 11.9 Å². The van der Waals surface area contributed by atoms with Gasteiger partial charge in [-0.3, -0.25) is 15.6 Å². The van der Waals surface area contributed by atoms with E-state index in [1.807, 2.05) is 60.7 Å². The lowest BCUT2D eigenvalue weighted by Crippen LogP contribution is -2.42. The van der Waals surface area contributed by atoms with E-state index in [9.17, 15) is 9.59 Å². The third-order valence-electron chi connectivity index (χ3n) is 3.42. The van der Waals surface area contributed by atoms with Gasteiger partial charge in [-0.05, 0) is 18.1 Å². The molecule has 0 aliphatic carbocycles. The van der Waals surface area contributed by atoms with Crippen molar-refractivity contribution in [3.63, 3.8) is 0 Å². The number of rotatable bonds is 7. The molecule has 6 heteroatoms. The number of nitrogens with one attached hydrogen (secondary N) is 2. The molecule has 0 radical (unpaired) electrons. The van der Waals surface area contributed by atoms with Crippen LogP contribution in [0.25, 0.3) is 0 Å². The molecule has 0 aromatic heterocycles. The molecule has 0 heterocycles. The Hall–Kier alpha value is -3.28. The van der Waals surface area contributed by atoms with Crippen molar-refractivity contribution in [1.82, 2.24) is 10.9 Å². The lowest BCUT2D eigenvalue weighted by Gasteiger charge is -2.18. The Labute approximate surface area is 146 Å². The zero-order chi connectivity index (χ0) is 18.1. The molecular formula is C19H21N3O3. The first kappa shape index (κ1) is 18.1. The number of benzene rings is 2. The van der Waals surface area contributed by atoms with Crippen LogP contribution in [0.5, 0.6) is 0 Å². The minimum Gasteiger partial charge on any atom is -0.463 e. The predicted molar refractivity (Wildman–Crippen MR) is 94.9 cm³/mol. The van der Waals surface area contributed by atoms with E-state index in [4.69, 9.17) is 10.5 Å². The van der Waals surface area contributed by atoms with Gasteiger partial charge in [0.15, 0.2) is 0 Å². The van der Waals surface area contributed by atoms with E-state index in [0.29, 0.717) is 0 Å². The van der Waals surface area contributed by atoms with Gasteiger partial charge in [-0.15, -0.1) is 0 Å². The van der Waals surface area contributed by atoms with Gasteiger partial charge in [0.2, 0.25) is 5.91 Å². The van der Waals surface area contributed by atoms with Gasteiger partial charge in [-0.2, -0.15) is 0 Å². The maximum Gasteiger partial charge on any atom is 0.334 e. The number of hydrazine groups is 1. The normalized spacial score (nSPS) is 11.0. The number of nitrogens with two attached hydrogens (primary N) is 1. The number of ether oxygens (including phenoxy) is 1. The molecule has 6 nitrogen and oxygen atoms in total. The van der Waals surface area contributed by atoms with E-state index in [0.717, 1.165) is 17.2 Å². The predicted octanol–water partition coefficient (Wildman–Crippen LogP) is 1.80. The smallest absolute Gasteiger partial charge is 0.334 e. The zero-order valence-electron chi connectivity index (χ0n) is 13.9. The first-order valence-corrected chi connectivity index (χ1v) is 7.91. The number of hydrogen-bond acceptors (Lipinski definition) is 5. The Balaban J connectivity index is 2.13. The van der Waals surface area contributed by atoms with Crippen LogP contribution in [0.2, 0.25) is 0 Å². The van der Waals surface area contributed by atoms with Crippen molar-refractivity contribution >= 4 is 11.9 Å². The number of hydrogen-bond donors (Lipinski definition) is 3. The third-order valence-corrected chi connectivity index (χ3v) is 3.42. The van der Waals surface area contributed by atoms with Crippen LogP contribution in [0.4, 0.5) is 0 Å². The van der Waals surface area contributed by atoms with E-state index >= 15 is 0 Å². The molecule has 0 fully saturated rings. The maximum atomic E-state index is 12.7. The molecule has 0 aliphatic heterocycles. The number of amides is 1. The fourth-order valence-electron chi connectivity index (χ4n) is 2.34. The summed E-state index contributed by atoms with van der Waals surface area (Å²) in [6, 6.07) is 18.8. The summed E-state index contributed by atoms with van der Waals surface area (Å²) in [5.74, 6) is -1.39. The third kappa shape index (κ3) is 5.39. The molecule has 0 aliphatic rings. The Kier molecular flexibility index (Phi) is 6.59. The molecule has 130 valence electrons. The highest BCUT2D eigenvalue weighted by Gasteiger charge is 2.22. The van der Waals surface area contributed by atoms with Crippen LogP contribution in [0.3, 0.4) is 0 Å². The second kappa shape index (κ2) is 9.12. The molecule has 2 aromatic rings. The van der Waals surface area contributed by atoms with Gasteiger partial charge in [-0.25, -0.2) is 4.79 Å². The number of esters is 1. The molecule has 4 N–H and O–H groups in total. The summed E-state index contributed by atoms with van der Waals surface area (Å²) in [6.07, 6.45) is 1.07. The van der Waals surface area contributed by atoms with Gasteiger partial charge in [0.25, 0.3) is 0 Å². The van der Waals surface area contributed by atoms with Crippen LogP contribution in [0, 0.1) is 0 Å². The van der Waals surface area contributed by atoms with Gasteiger partial charge in [-0.1, -0.05) is 60.7 Å². The summed E-state index contributed by atoms with van der Waals surface area (Å²) >= 11 is 0. The van der Waals surface area contributed by atoms with E-state index in [1.165, 1.54) is 0 Å². The van der Waals surface area contributed by atoms with Crippen LogP contribution < -0.4 is 16.6 Å². The second-order valence-electron chi connectivity index (χ2n) is 5.22. The Morgan fingerprint density at radius 2 is 1.52 bits per heavy atom. The average Bonchev–Trinajstić information content (AvgIpc) is 2.62. The molecule has 0 saturated heterocycles. The van der Waals surface area contributed by atoms with Crippen LogP contribution in [-0.2, 0) is 14.3 Å². The van der Waals surface area contributed by atoms with Crippen LogP contribution in [-0.4, -0.2) is 18.5 Å². The molecule has 25 heavy (non-hydrogen) atoms. The fourth-order valence-corrected chi connectivity index (χ4v) is 2.34. The number of carbonyl (C=O) groups excluding carboxylic acids is 2. The first-order chi connectivity index (χ1) is 12.1. The minimum atomic E-state index is -0.579. The quantitative estimate of drug-likeness (QED) is 0.406. The van der Waals surface area contributed by atoms with Crippen LogP contribution >= 0.6 is 0 Å². The Morgan fingerprint density at radius 3 is 2.00 bits per heavy atom.